The third kappa shape index (κ3) is 4.93. The van der Waals surface area contributed by atoms with Gasteiger partial charge in [0.05, 0.1) is 12.1 Å². The summed E-state index contributed by atoms with van der Waals surface area (Å²) < 4.78 is 0.787. The van der Waals surface area contributed by atoms with Crippen LogP contribution in [0.5, 0.6) is 0 Å². The Kier molecular flexibility index (Phi) is 6.23. The van der Waals surface area contributed by atoms with Crippen molar-refractivity contribution < 1.29 is 9.59 Å². The largest absolute Gasteiger partial charge is 0.336 e. The summed E-state index contributed by atoms with van der Waals surface area (Å²) in [6.45, 7) is 6.91. The number of rotatable bonds is 4. The highest BCUT2D eigenvalue weighted by atomic mass is 79.9. The standard InChI is InChI=1S/C20H23BrN4O2/c1-14-4-3-5-18(15(14)2)23-19(26)13-24-6-8-25(9-7-24)20(27)16-10-17(21)12-22-11-16/h3-5,10-12H,6-9,13H2,1-2H3,(H,23,26). The van der Waals surface area contributed by atoms with Crippen LogP contribution in [0.2, 0.25) is 0 Å². The number of halogens is 1. The molecular weight excluding hydrogens is 408 g/mol. The van der Waals surface area contributed by atoms with Crippen LogP contribution in [0.15, 0.2) is 41.1 Å². The van der Waals surface area contributed by atoms with Gasteiger partial charge in [0.25, 0.3) is 5.91 Å². The number of nitrogens with one attached hydrogen (secondary N) is 1. The second-order valence-electron chi connectivity index (χ2n) is 6.76. The summed E-state index contributed by atoms with van der Waals surface area (Å²) in [5.74, 6) is -0.0528. The fourth-order valence-electron chi connectivity index (χ4n) is 3.10. The monoisotopic (exact) mass is 430 g/mol. The molecule has 1 aromatic heterocycles. The Balaban J connectivity index is 1.51. The van der Waals surface area contributed by atoms with Gasteiger partial charge in [-0.05, 0) is 53.0 Å². The average molecular weight is 431 g/mol. The SMILES string of the molecule is Cc1cccc(NC(=O)CN2CCN(C(=O)c3cncc(Br)c3)CC2)c1C. The number of amides is 2. The van der Waals surface area contributed by atoms with E-state index in [1.807, 2.05) is 36.9 Å². The maximum absolute atomic E-state index is 12.6. The van der Waals surface area contributed by atoms with Crippen LogP contribution < -0.4 is 5.32 Å². The molecule has 0 saturated carbocycles. The maximum atomic E-state index is 12.6. The molecule has 3 rings (SSSR count). The summed E-state index contributed by atoms with van der Waals surface area (Å²) in [7, 11) is 0. The van der Waals surface area contributed by atoms with Crippen LogP contribution in [0.4, 0.5) is 5.69 Å². The minimum Gasteiger partial charge on any atom is -0.336 e. The molecule has 0 bridgehead atoms. The Morgan fingerprint density at radius 2 is 1.89 bits per heavy atom. The van der Waals surface area contributed by atoms with Crippen LogP contribution >= 0.6 is 15.9 Å². The van der Waals surface area contributed by atoms with Gasteiger partial charge in [0.2, 0.25) is 5.91 Å². The Bertz CT molecular complexity index is 848. The van der Waals surface area contributed by atoms with E-state index in [0.29, 0.717) is 38.3 Å². The van der Waals surface area contributed by atoms with Crippen molar-refractivity contribution >= 4 is 33.4 Å². The van der Waals surface area contributed by atoms with Gasteiger partial charge in [-0.3, -0.25) is 19.5 Å². The second-order valence-corrected chi connectivity index (χ2v) is 7.67. The van der Waals surface area contributed by atoms with Crippen LogP contribution in [-0.4, -0.2) is 59.3 Å². The number of hydrogen-bond donors (Lipinski definition) is 1. The molecule has 7 heteroatoms. The van der Waals surface area contributed by atoms with E-state index in [0.717, 1.165) is 21.3 Å². The number of carbonyl (C=O) groups is 2. The van der Waals surface area contributed by atoms with Gasteiger partial charge < -0.3 is 10.2 Å². The molecule has 0 spiro atoms. The second kappa shape index (κ2) is 8.63. The summed E-state index contributed by atoms with van der Waals surface area (Å²) in [4.78, 5) is 32.9. The zero-order chi connectivity index (χ0) is 19.4. The zero-order valence-corrected chi connectivity index (χ0v) is 17.1. The highest BCUT2D eigenvalue weighted by Crippen LogP contribution is 2.18. The van der Waals surface area contributed by atoms with Crippen molar-refractivity contribution in [2.24, 2.45) is 0 Å². The lowest BCUT2D eigenvalue weighted by atomic mass is 10.1. The number of benzene rings is 1. The van der Waals surface area contributed by atoms with Gasteiger partial charge in [-0.1, -0.05) is 12.1 Å². The highest BCUT2D eigenvalue weighted by molar-refractivity contribution is 9.10. The number of pyridine rings is 1. The molecule has 0 unspecified atom stereocenters. The lowest BCUT2D eigenvalue weighted by Gasteiger charge is -2.34. The smallest absolute Gasteiger partial charge is 0.255 e. The van der Waals surface area contributed by atoms with Gasteiger partial charge in [-0.2, -0.15) is 0 Å². The highest BCUT2D eigenvalue weighted by Gasteiger charge is 2.23. The molecule has 1 aliphatic heterocycles. The van der Waals surface area contributed by atoms with Crippen LogP contribution in [0.25, 0.3) is 0 Å². The summed E-state index contributed by atoms with van der Waals surface area (Å²) in [6.07, 6.45) is 3.24. The van der Waals surface area contributed by atoms with Crippen molar-refractivity contribution in [2.45, 2.75) is 13.8 Å². The van der Waals surface area contributed by atoms with Gasteiger partial charge in [-0.25, -0.2) is 0 Å². The van der Waals surface area contributed by atoms with Crippen LogP contribution in [0.1, 0.15) is 21.5 Å². The molecule has 1 aliphatic rings. The van der Waals surface area contributed by atoms with Crippen LogP contribution in [0, 0.1) is 13.8 Å². The minimum absolute atomic E-state index is 0.0247. The number of nitrogens with zero attached hydrogens (tertiary/aromatic N) is 3. The third-order valence-electron chi connectivity index (χ3n) is 4.86. The first-order valence-corrected chi connectivity index (χ1v) is 9.71. The first kappa shape index (κ1) is 19.5. The molecule has 1 aromatic carbocycles. The van der Waals surface area contributed by atoms with E-state index in [9.17, 15) is 9.59 Å². The van der Waals surface area contributed by atoms with E-state index in [4.69, 9.17) is 0 Å². The van der Waals surface area contributed by atoms with Crippen molar-refractivity contribution in [3.8, 4) is 0 Å². The molecule has 0 atom stereocenters. The summed E-state index contributed by atoms with van der Waals surface area (Å²) in [5.41, 5.74) is 3.67. The average Bonchev–Trinajstić information content (AvgIpc) is 2.65. The number of anilines is 1. The summed E-state index contributed by atoms with van der Waals surface area (Å²) >= 11 is 3.34. The molecule has 2 heterocycles. The first-order valence-electron chi connectivity index (χ1n) is 8.92. The van der Waals surface area contributed by atoms with Crippen LogP contribution in [-0.2, 0) is 4.79 Å². The Labute approximate surface area is 167 Å². The van der Waals surface area contributed by atoms with Gasteiger partial charge in [0.15, 0.2) is 0 Å². The maximum Gasteiger partial charge on any atom is 0.255 e. The van der Waals surface area contributed by atoms with Gasteiger partial charge in [0, 0.05) is 48.7 Å². The van der Waals surface area contributed by atoms with E-state index in [1.54, 1.807) is 18.5 Å². The number of piperazine rings is 1. The minimum atomic E-state index is -0.0281. The molecule has 1 N–H and O–H groups in total. The molecule has 1 fully saturated rings. The van der Waals surface area contributed by atoms with Crippen molar-refractivity contribution in [1.82, 2.24) is 14.8 Å². The van der Waals surface area contributed by atoms with E-state index in [-0.39, 0.29) is 11.8 Å². The Morgan fingerprint density at radius 3 is 2.59 bits per heavy atom. The summed E-state index contributed by atoms with van der Waals surface area (Å²) in [5, 5.41) is 2.99. The summed E-state index contributed by atoms with van der Waals surface area (Å²) in [6, 6.07) is 7.67. The van der Waals surface area contributed by atoms with E-state index in [2.05, 4.69) is 31.1 Å². The normalized spacial score (nSPS) is 14.9. The molecule has 0 radical (unpaired) electrons. The molecule has 2 aromatic rings. The van der Waals surface area contributed by atoms with Gasteiger partial charge in [-0.15, -0.1) is 0 Å². The quantitative estimate of drug-likeness (QED) is 0.809. The molecule has 0 aliphatic carbocycles. The Morgan fingerprint density at radius 1 is 1.15 bits per heavy atom. The Hall–Kier alpha value is -2.25. The van der Waals surface area contributed by atoms with E-state index < -0.39 is 0 Å². The van der Waals surface area contributed by atoms with E-state index in [1.165, 1.54) is 0 Å². The van der Waals surface area contributed by atoms with Crippen LogP contribution in [0.3, 0.4) is 0 Å². The predicted octanol–water partition coefficient (Wildman–Crippen LogP) is 2.86. The molecule has 6 nitrogen and oxygen atoms in total. The van der Waals surface area contributed by atoms with Crippen molar-refractivity contribution in [1.29, 1.82) is 0 Å². The predicted molar refractivity (Wildman–Crippen MR) is 109 cm³/mol. The fraction of sp³-hybridized carbons (Fsp3) is 0.350. The molecule has 1 saturated heterocycles. The van der Waals surface area contributed by atoms with Crippen molar-refractivity contribution in [2.75, 3.05) is 38.0 Å². The lowest BCUT2D eigenvalue weighted by Crippen LogP contribution is -2.50. The number of aromatic nitrogens is 1. The molecule has 2 amide bonds. The first-order chi connectivity index (χ1) is 12.9. The third-order valence-corrected chi connectivity index (χ3v) is 5.29. The van der Waals surface area contributed by atoms with E-state index >= 15 is 0 Å². The molecular formula is C20H23BrN4O2. The van der Waals surface area contributed by atoms with Gasteiger partial charge >= 0.3 is 0 Å². The number of aryl methyl sites for hydroxylation is 1. The van der Waals surface area contributed by atoms with Crippen molar-refractivity contribution in [3.05, 3.63) is 57.8 Å². The topological polar surface area (TPSA) is 65.5 Å². The molecule has 142 valence electrons. The zero-order valence-electron chi connectivity index (χ0n) is 15.5. The molecule has 27 heavy (non-hydrogen) atoms. The number of carbonyl (C=O) groups excluding carboxylic acids is 2. The fourth-order valence-corrected chi connectivity index (χ4v) is 3.46. The number of hydrogen-bond acceptors (Lipinski definition) is 4. The lowest BCUT2D eigenvalue weighted by molar-refractivity contribution is -0.117. The van der Waals surface area contributed by atoms with Gasteiger partial charge in [0.1, 0.15) is 0 Å². The van der Waals surface area contributed by atoms with Crippen molar-refractivity contribution in [3.63, 3.8) is 0 Å².